The first kappa shape index (κ1) is 13.8. The molecule has 2 heterocycles. The van der Waals surface area contributed by atoms with Crippen molar-refractivity contribution >= 4 is 28.8 Å². The summed E-state index contributed by atoms with van der Waals surface area (Å²) in [6, 6.07) is 5.03. The molecule has 3 aromatic rings. The summed E-state index contributed by atoms with van der Waals surface area (Å²) < 4.78 is 0. The van der Waals surface area contributed by atoms with Crippen LogP contribution in [0.25, 0.3) is 11.0 Å². The molecule has 0 aliphatic rings. The van der Waals surface area contributed by atoms with Gasteiger partial charge in [-0.3, -0.25) is 14.9 Å². The first-order chi connectivity index (χ1) is 10.6. The Morgan fingerprint density at radius 3 is 2.82 bits per heavy atom. The van der Waals surface area contributed by atoms with Gasteiger partial charge < -0.3 is 15.7 Å². The zero-order valence-corrected chi connectivity index (χ0v) is 11.8. The van der Waals surface area contributed by atoms with E-state index in [0.29, 0.717) is 22.5 Å². The van der Waals surface area contributed by atoms with Gasteiger partial charge in [0.05, 0.1) is 17.3 Å². The third-order valence-electron chi connectivity index (χ3n) is 3.23. The van der Waals surface area contributed by atoms with E-state index in [9.17, 15) is 9.59 Å². The molecule has 112 valence electrons. The highest BCUT2D eigenvalue weighted by atomic mass is 16.2. The Labute approximate surface area is 125 Å². The molecule has 2 aromatic heterocycles. The van der Waals surface area contributed by atoms with E-state index in [1.165, 1.54) is 0 Å². The second-order valence-electron chi connectivity index (χ2n) is 4.72. The summed E-state index contributed by atoms with van der Waals surface area (Å²) in [5, 5.41) is 2.67. The lowest BCUT2D eigenvalue weighted by Crippen LogP contribution is -2.14. The molecule has 8 nitrogen and oxygen atoms in total. The fourth-order valence-corrected chi connectivity index (χ4v) is 2.11. The van der Waals surface area contributed by atoms with Gasteiger partial charge in [-0.15, -0.1) is 0 Å². The van der Waals surface area contributed by atoms with Gasteiger partial charge in [0.25, 0.3) is 11.8 Å². The molecular formula is C14H14N6O2. The molecule has 0 atom stereocenters. The number of benzene rings is 1. The summed E-state index contributed by atoms with van der Waals surface area (Å²) in [4.78, 5) is 37.5. The zero-order chi connectivity index (χ0) is 15.7. The Balaban J connectivity index is 1.94. The molecule has 0 saturated carbocycles. The summed E-state index contributed by atoms with van der Waals surface area (Å²) in [5.74, 6) is -0.669. The van der Waals surface area contributed by atoms with E-state index in [1.54, 1.807) is 24.4 Å². The van der Waals surface area contributed by atoms with Crippen molar-refractivity contribution in [2.75, 3.05) is 5.32 Å². The molecule has 0 aliphatic heterocycles. The molecule has 3 rings (SSSR count). The molecule has 5 N–H and O–H groups in total. The Hall–Kier alpha value is -3.16. The third kappa shape index (κ3) is 2.41. The van der Waals surface area contributed by atoms with Crippen LogP contribution in [0, 0.1) is 0 Å². The maximum absolute atomic E-state index is 12.4. The number of nitrogens with zero attached hydrogens (tertiary/aromatic N) is 2. The predicted octanol–water partition coefficient (Wildman–Crippen LogP) is 1.20. The van der Waals surface area contributed by atoms with Crippen molar-refractivity contribution in [3.8, 4) is 0 Å². The lowest BCUT2D eigenvalue weighted by Gasteiger charge is -2.02. The average Bonchev–Trinajstić information content (AvgIpc) is 3.12. The summed E-state index contributed by atoms with van der Waals surface area (Å²) in [6.45, 7) is 1.98. The topological polar surface area (TPSA) is 130 Å². The minimum atomic E-state index is -0.679. The molecule has 1 aromatic carbocycles. The van der Waals surface area contributed by atoms with Crippen molar-refractivity contribution in [3.05, 3.63) is 41.5 Å². The van der Waals surface area contributed by atoms with Gasteiger partial charge in [-0.05, 0) is 18.6 Å². The van der Waals surface area contributed by atoms with Crippen LogP contribution >= 0.6 is 0 Å². The van der Waals surface area contributed by atoms with Crippen LogP contribution in [0.3, 0.4) is 0 Å². The molecular weight excluding hydrogens is 284 g/mol. The summed E-state index contributed by atoms with van der Waals surface area (Å²) in [5.41, 5.74) is 7.40. The highest BCUT2D eigenvalue weighted by Crippen LogP contribution is 2.17. The molecule has 0 unspecified atom stereocenters. The standard InChI is InChI=1S/C14H14N6O2/c1-2-7-6-16-14(17-7)20-13(22)8-4-3-5-9-10(8)19-12(18-9)11(15)21/h3-6H,2H2,1H3,(H2,15,21)(H,18,19)(H2,16,17,20,22). The van der Waals surface area contributed by atoms with Crippen molar-refractivity contribution in [2.24, 2.45) is 5.73 Å². The fourth-order valence-electron chi connectivity index (χ4n) is 2.11. The number of amides is 2. The Morgan fingerprint density at radius 1 is 1.32 bits per heavy atom. The van der Waals surface area contributed by atoms with Gasteiger partial charge in [0, 0.05) is 5.69 Å². The number of carbonyl (C=O) groups excluding carboxylic acids is 2. The molecule has 0 bridgehead atoms. The number of carbonyl (C=O) groups is 2. The number of aromatic nitrogens is 4. The largest absolute Gasteiger partial charge is 0.363 e. The van der Waals surface area contributed by atoms with E-state index in [2.05, 4.69) is 25.3 Å². The smallest absolute Gasteiger partial charge is 0.284 e. The van der Waals surface area contributed by atoms with E-state index < -0.39 is 5.91 Å². The van der Waals surface area contributed by atoms with E-state index in [-0.39, 0.29) is 11.7 Å². The van der Waals surface area contributed by atoms with Crippen molar-refractivity contribution in [3.63, 3.8) is 0 Å². The minimum absolute atomic E-state index is 0.0153. The van der Waals surface area contributed by atoms with E-state index >= 15 is 0 Å². The molecule has 0 aliphatic carbocycles. The van der Waals surface area contributed by atoms with Gasteiger partial charge in [-0.25, -0.2) is 9.97 Å². The first-order valence-electron chi connectivity index (χ1n) is 6.72. The van der Waals surface area contributed by atoms with Crippen LogP contribution in [0.4, 0.5) is 5.95 Å². The maximum Gasteiger partial charge on any atom is 0.284 e. The lowest BCUT2D eigenvalue weighted by molar-refractivity contribution is 0.0989. The van der Waals surface area contributed by atoms with E-state index in [0.717, 1.165) is 12.1 Å². The van der Waals surface area contributed by atoms with Crippen molar-refractivity contribution in [1.82, 2.24) is 19.9 Å². The second-order valence-corrected chi connectivity index (χ2v) is 4.72. The number of fused-ring (bicyclic) bond motifs is 1. The number of hydrogen-bond donors (Lipinski definition) is 4. The quantitative estimate of drug-likeness (QED) is 0.576. The number of hydrogen-bond acceptors (Lipinski definition) is 4. The summed E-state index contributed by atoms with van der Waals surface area (Å²) in [6.07, 6.45) is 2.45. The number of nitrogens with one attached hydrogen (secondary N) is 3. The summed E-state index contributed by atoms with van der Waals surface area (Å²) in [7, 11) is 0. The molecule has 2 amide bonds. The SMILES string of the molecule is CCc1cnc(NC(=O)c2cccc3[nH]c(C(N)=O)nc23)[nH]1. The third-order valence-corrected chi connectivity index (χ3v) is 3.23. The normalized spacial score (nSPS) is 10.8. The number of H-pyrrole nitrogens is 2. The molecule has 0 saturated heterocycles. The number of nitrogens with two attached hydrogens (primary N) is 1. The van der Waals surface area contributed by atoms with Crippen molar-refractivity contribution in [1.29, 1.82) is 0 Å². The minimum Gasteiger partial charge on any atom is -0.363 e. The zero-order valence-electron chi connectivity index (χ0n) is 11.8. The van der Waals surface area contributed by atoms with E-state index in [4.69, 9.17) is 5.73 Å². The van der Waals surface area contributed by atoms with Crippen LogP contribution in [0.2, 0.25) is 0 Å². The van der Waals surface area contributed by atoms with Crippen LogP contribution in [0.5, 0.6) is 0 Å². The van der Waals surface area contributed by atoms with Crippen LogP contribution in [0.15, 0.2) is 24.4 Å². The van der Waals surface area contributed by atoms with Gasteiger partial charge in [0.2, 0.25) is 5.95 Å². The van der Waals surface area contributed by atoms with Crippen LogP contribution < -0.4 is 11.1 Å². The molecule has 0 spiro atoms. The van der Waals surface area contributed by atoms with Crippen LogP contribution in [-0.4, -0.2) is 31.8 Å². The average molecular weight is 298 g/mol. The summed E-state index contributed by atoms with van der Waals surface area (Å²) >= 11 is 0. The Morgan fingerprint density at radius 2 is 2.14 bits per heavy atom. The fraction of sp³-hybridized carbons (Fsp3) is 0.143. The molecule has 0 fully saturated rings. The van der Waals surface area contributed by atoms with Gasteiger partial charge in [-0.2, -0.15) is 0 Å². The van der Waals surface area contributed by atoms with Gasteiger partial charge in [0.1, 0.15) is 5.52 Å². The van der Waals surface area contributed by atoms with Gasteiger partial charge >= 0.3 is 0 Å². The lowest BCUT2D eigenvalue weighted by atomic mass is 10.2. The number of imidazole rings is 2. The number of para-hydroxylation sites is 1. The number of rotatable bonds is 4. The van der Waals surface area contributed by atoms with Crippen LogP contribution in [-0.2, 0) is 6.42 Å². The van der Waals surface area contributed by atoms with Crippen molar-refractivity contribution < 1.29 is 9.59 Å². The number of primary amides is 1. The first-order valence-corrected chi connectivity index (χ1v) is 6.72. The maximum atomic E-state index is 12.4. The Kier molecular flexibility index (Phi) is 3.34. The number of anilines is 1. The Bertz CT molecular complexity index is 863. The highest BCUT2D eigenvalue weighted by molar-refractivity contribution is 6.11. The number of aromatic amines is 2. The predicted molar refractivity (Wildman–Crippen MR) is 80.5 cm³/mol. The molecule has 22 heavy (non-hydrogen) atoms. The monoisotopic (exact) mass is 298 g/mol. The van der Waals surface area contributed by atoms with Gasteiger partial charge in [-0.1, -0.05) is 13.0 Å². The van der Waals surface area contributed by atoms with E-state index in [1.807, 2.05) is 6.92 Å². The molecule has 8 heteroatoms. The van der Waals surface area contributed by atoms with Gasteiger partial charge in [0.15, 0.2) is 5.82 Å². The second kappa shape index (κ2) is 5.32. The molecule has 0 radical (unpaired) electrons. The van der Waals surface area contributed by atoms with Crippen molar-refractivity contribution in [2.45, 2.75) is 13.3 Å². The number of aryl methyl sites for hydroxylation is 1. The highest BCUT2D eigenvalue weighted by Gasteiger charge is 2.16. The van der Waals surface area contributed by atoms with Crippen LogP contribution in [0.1, 0.15) is 33.6 Å².